The quantitative estimate of drug-likeness (QED) is 0.0339. The van der Waals surface area contributed by atoms with Gasteiger partial charge in [0.2, 0.25) is 0 Å². The lowest BCUT2D eigenvalue weighted by Crippen LogP contribution is -2.50. The number of hydrogen-bond donors (Lipinski definition) is 1. The number of ether oxygens (including phenoxy) is 3. The predicted molar refractivity (Wildman–Crippen MR) is 183 cm³/mol. The fraction of sp³-hybridized carbons (Fsp3) is 0.865. The fourth-order valence-corrected chi connectivity index (χ4v) is 5.26. The number of carboxylic acids is 1. The fourth-order valence-electron chi connectivity index (χ4n) is 5.26. The first-order valence-electron chi connectivity index (χ1n) is 18.2. The van der Waals surface area contributed by atoms with Gasteiger partial charge in [-0.2, -0.15) is 0 Å². The van der Waals surface area contributed by atoms with Crippen LogP contribution in [0, 0.1) is 0 Å². The second kappa shape index (κ2) is 29.5. The molecule has 0 fully saturated rings. The lowest BCUT2D eigenvalue weighted by atomic mass is 10.1. The maximum atomic E-state index is 12.5. The average molecular weight is 641 g/mol. The van der Waals surface area contributed by atoms with Crippen LogP contribution in [-0.2, 0) is 28.6 Å². The van der Waals surface area contributed by atoms with E-state index in [1.807, 2.05) is 21.1 Å². The van der Waals surface area contributed by atoms with Gasteiger partial charge in [-0.05, 0) is 38.5 Å². The Morgan fingerprint density at radius 1 is 0.644 bits per heavy atom. The number of unbranched alkanes of at least 4 members (excludes halogenated alkanes) is 16. The summed E-state index contributed by atoms with van der Waals surface area (Å²) in [5, 5.41) is 9.55. The third-order valence-electron chi connectivity index (χ3n) is 8.16. The molecular formula is C37H70NO7+. The Bertz CT molecular complexity index is 762. The standard InChI is InChI=1S/C37H69NO7/c1-6-8-10-12-14-16-17-18-19-20-22-23-25-27-35(39)44-32-33(31-43-30-29-34(37(41)42)38(3,4)5)45-36(40)28-26-24-21-15-13-11-9-7-2/h18-19,33-34H,6-17,20-32H2,1-5H3/p+1/b19-18+. The maximum Gasteiger partial charge on any atom is 0.362 e. The number of allylic oxidation sites excluding steroid dienone is 2. The molecule has 0 heterocycles. The third kappa shape index (κ3) is 28.1. The van der Waals surface area contributed by atoms with Crippen LogP contribution in [0.1, 0.15) is 155 Å². The maximum absolute atomic E-state index is 12.5. The zero-order valence-corrected chi connectivity index (χ0v) is 29.8. The third-order valence-corrected chi connectivity index (χ3v) is 8.16. The van der Waals surface area contributed by atoms with Gasteiger partial charge in [0.1, 0.15) is 6.61 Å². The summed E-state index contributed by atoms with van der Waals surface area (Å²) >= 11 is 0. The van der Waals surface area contributed by atoms with Gasteiger partial charge in [0.25, 0.3) is 0 Å². The Morgan fingerprint density at radius 3 is 1.62 bits per heavy atom. The number of esters is 2. The summed E-state index contributed by atoms with van der Waals surface area (Å²) in [5.41, 5.74) is 0. The summed E-state index contributed by atoms with van der Waals surface area (Å²) in [6.45, 7) is 4.67. The number of quaternary nitrogens is 1. The molecule has 1 N–H and O–H groups in total. The van der Waals surface area contributed by atoms with Crippen LogP contribution in [0.2, 0.25) is 0 Å². The van der Waals surface area contributed by atoms with Gasteiger partial charge in [0.05, 0.1) is 34.4 Å². The Balaban J connectivity index is 4.43. The first-order valence-corrected chi connectivity index (χ1v) is 18.2. The highest BCUT2D eigenvalue weighted by Crippen LogP contribution is 2.13. The van der Waals surface area contributed by atoms with E-state index in [1.165, 1.54) is 70.6 Å². The van der Waals surface area contributed by atoms with Gasteiger partial charge >= 0.3 is 17.9 Å². The molecule has 2 atom stereocenters. The van der Waals surface area contributed by atoms with Gasteiger partial charge in [-0.15, -0.1) is 0 Å². The van der Waals surface area contributed by atoms with E-state index in [4.69, 9.17) is 14.2 Å². The topological polar surface area (TPSA) is 99.1 Å². The second-order valence-electron chi connectivity index (χ2n) is 13.5. The van der Waals surface area contributed by atoms with Crippen molar-refractivity contribution in [1.82, 2.24) is 0 Å². The summed E-state index contributed by atoms with van der Waals surface area (Å²) < 4.78 is 17.1. The van der Waals surface area contributed by atoms with Crippen LogP contribution in [0.5, 0.6) is 0 Å². The molecule has 0 bridgehead atoms. The molecule has 0 rings (SSSR count). The van der Waals surface area contributed by atoms with Crippen molar-refractivity contribution in [2.75, 3.05) is 41.0 Å². The minimum absolute atomic E-state index is 0.0547. The van der Waals surface area contributed by atoms with Gasteiger partial charge in [-0.25, -0.2) is 4.79 Å². The molecule has 0 aromatic rings. The first kappa shape index (κ1) is 43.1. The van der Waals surface area contributed by atoms with E-state index in [-0.39, 0.29) is 36.2 Å². The first-order chi connectivity index (χ1) is 21.6. The number of carbonyl (C=O) groups excluding carboxylic acids is 2. The Hall–Kier alpha value is -1.93. The van der Waals surface area contributed by atoms with Gasteiger partial charge in [-0.1, -0.05) is 109 Å². The average Bonchev–Trinajstić information content (AvgIpc) is 2.98. The molecule has 8 nitrogen and oxygen atoms in total. The molecule has 0 spiro atoms. The van der Waals surface area contributed by atoms with Crippen molar-refractivity contribution in [3.8, 4) is 0 Å². The van der Waals surface area contributed by atoms with Crippen LogP contribution in [0.15, 0.2) is 12.2 Å². The number of nitrogens with zero attached hydrogens (tertiary/aromatic N) is 1. The summed E-state index contributed by atoms with van der Waals surface area (Å²) in [7, 11) is 5.51. The molecule has 264 valence electrons. The normalized spacial score (nSPS) is 13.2. The highest BCUT2D eigenvalue weighted by atomic mass is 16.6. The van der Waals surface area contributed by atoms with Crippen LogP contribution in [-0.4, -0.2) is 80.6 Å². The predicted octanol–water partition coefficient (Wildman–Crippen LogP) is 8.80. The second-order valence-corrected chi connectivity index (χ2v) is 13.5. The van der Waals surface area contributed by atoms with E-state index in [0.29, 0.717) is 19.3 Å². The number of rotatable bonds is 32. The zero-order valence-electron chi connectivity index (χ0n) is 29.8. The molecule has 2 unspecified atom stereocenters. The van der Waals surface area contributed by atoms with Crippen LogP contribution >= 0.6 is 0 Å². The highest BCUT2D eigenvalue weighted by molar-refractivity contribution is 5.72. The van der Waals surface area contributed by atoms with E-state index in [0.717, 1.165) is 51.4 Å². The van der Waals surface area contributed by atoms with Crippen LogP contribution < -0.4 is 0 Å². The van der Waals surface area contributed by atoms with Crippen molar-refractivity contribution in [3.63, 3.8) is 0 Å². The van der Waals surface area contributed by atoms with Crippen molar-refractivity contribution in [2.24, 2.45) is 0 Å². The number of carboxylic acid groups (broad SMARTS) is 1. The molecule has 0 aromatic carbocycles. The van der Waals surface area contributed by atoms with E-state index in [9.17, 15) is 19.5 Å². The minimum Gasteiger partial charge on any atom is -0.477 e. The van der Waals surface area contributed by atoms with Crippen molar-refractivity contribution in [1.29, 1.82) is 0 Å². The molecule has 0 amide bonds. The molecule has 0 aromatic heterocycles. The molecular weight excluding hydrogens is 570 g/mol. The summed E-state index contributed by atoms with van der Waals surface area (Å²) in [4.78, 5) is 36.6. The summed E-state index contributed by atoms with van der Waals surface area (Å²) in [6.07, 6.45) is 26.9. The van der Waals surface area contributed by atoms with Crippen LogP contribution in [0.4, 0.5) is 0 Å². The lowest BCUT2D eigenvalue weighted by molar-refractivity contribution is -0.887. The van der Waals surface area contributed by atoms with Crippen LogP contribution in [0.25, 0.3) is 0 Å². The van der Waals surface area contributed by atoms with E-state index in [1.54, 1.807) is 0 Å². The number of hydrogen-bond acceptors (Lipinski definition) is 6. The van der Waals surface area contributed by atoms with Crippen molar-refractivity contribution < 1.29 is 38.2 Å². The highest BCUT2D eigenvalue weighted by Gasteiger charge is 2.31. The monoisotopic (exact) mass is 641 g/mol. The van der Waals surface area contributed by atoms with Gasteiger partial charge < -0.3 is 23.8 Å². The number of likely N-dealkylation sites (N-methyl/N-ethyl adjacent to an activating group) is 1. The lowest BCUT2D eigenvalue weighted by Gasteiger charge is -2.31. The molecule has 0 saturated carbocycles. The smallest absolute Gasteiger partial charge is 0.362 e. The molecule has 0 aliphatic carbocycles. The van der Waals surface area contributed by atoms with Gasteiger partial charge in [0, 0.05) is 19.3 Å². The Kier molecular flexibility index (Phi) is 28.2. The van der Waals surface area contributed by atoms with E-state index >= 15 is 0 Å². The minimum atomic E-state index is -0.877. The largest absolute Gasteiger partial charge is 0.477 e. The summed E-state index contributed by atoms with van der Waals surface area (Å²) in [5.74, 6) is -1.49. The molecule has 0 aliphatic rings. The summed E-state index contributed by atoms with van der Waals surface area (Å²) in [6, 6.07) is -0.610. The molecule has 8 heteroatoms. The van der Waals surface area contributed by atoms with E-state index in [2.05, 4.69) is 26.0 Å². The van der Waals surface area contributed by atoms with Crippen molar-refractivity contribution >= 4 is 17.9 Å². The zero-order chi connectivity index (χ0) is 33.6. The molecule has 0 aliphatic heterocycles. The number of carbonyl (C=O) groups is 3. The SMILES string of the molecule is CCCCCCCC/C=C/CCCCCC(=O)OCC(COCCC(C(=O)O)[N+](C)(C)C)OC(=O)CCCCCCCCCC. The molecule has 0 radical (unpaired) electrons. The Morgan fingerprint density at radius 2 is 1.11 bits per heavy atom. The van der Waals surface area contributed by atoms with Crippen LogP contribution in [0.3, 0.4) is 0 Å². The van der Waals surface area contributed by atoms with Crippen molar-refractivity contribution in [3.05, 3.63) is 12.2 Å². The molecule has 0 saturated heterocycles. The molecule has 45 heavy (non-hydrogen) atoms. The van der Waals surface area contributed by atoms with Gasteiger partial charge in [0.15, 0.2) is 12.1 Å². The van der Waals surface area contributed by atoms with E-state index < -0.39 is 18.1 Å². The van der Waals surface area contributed by atoms with Crippen molar-refractivity contribution in [2.45, 2.75) is 167 Å². The Labute approximate surface area is 276 Å². The van der Waals surface area contributed by atoms with Gasteiger partial charge in [-0.3, -0.25) is 9.59 Å². The number of aliphatic carboxylic acids is 1.